The molecule has 0 bridgehead atoms. The highest BCUT2D eigenvalue weighted by molar-refractivity contribution is 6.00. The van der Waals surface area contributed by atoms with Crippen LogP contribution in [0.4, 0.5) is 0 Å². The zero-order chi connectivity index (χ0) is 23.8. The molecule has 0 N–H and O–H groups in total. The predicted octanol–water partition coefficient (Wildman–Crippen LogP) is 5.44. The fraction of sp³-hybridized carbons (Fsp3) is 0.310. The van der Waals surface area contributed by atoms with E-state index < -0.39 is 0 Å². The first kappa shape index (κ1) is 21.7. The lowest BCUT2D eigenvalue weighted by Crippen LogP contribution is -2.34. The van der Waals surface area contributed by atoms with Gasteiger partial charge in [0, 0.05) is 54.2 Å². The summed E-state index contributed by atoms with van der Waals surface area (Å²) < 4.78 is 2.14. The summed E-state index contributed by atoms with van der Waals surface area (Å²) in [6.45, 7) is 4.68. The Morgan fingerprint density at radius 2 is 1.89 bits per heavy atom. The van der Waals surface area contributed by atoms with E-state index >= 15 is 0 Å². The van der Waals surface area contributed by atoms with Crippen LogP contribution >= 0.6 is 0 Å². The largest absolute Gasteiger partial charge is 0.339 e. The van der Waals surface area contributed by atoms with Gasteiger partial charge in [0.05, 0.1) is 11.2 Å². The van der Waals surface area contributed by atoms with Gasteiger partial charge in [-0.25, -0.2) is 0 Å². The van der Waals surface area contributed by atoms with Crippen molar-refractivity contribution in [2.24, 2.45) is 0 Å². The Balaban J connectivity index is 1.39. The van der Waals surface area contributed by atoms with Crippen LogP contribution in [0.2, 0.25) is 0 Å². The highest BCUT2D eigenvalue weighted by Gasteiger charge is 2.25. The lowest BCUT2D eigenvalue weighted by Gasteiger charge is -2.25. The number of benzene rings is 1. The number of carbonyl (C=O) groups excluding carboxylic acids is 1. The standard InChI is InChI=1S/C29H29N5O/c1-20-7-5-8-24(31-20)29-28(26-9-6-18-34(26)32-29)23-14-15-30-25-19-21(10-12-22(23)25)11-13-27(35)33-16-3-2-4-17-33/h5,7-8,10-15,19H,2-4,6,9,16-18H2,1H3. The molecule has 0 unspecified atom stereocenters. The molecule has 0 atom stereocenters. The topological polar surface area (TPSA) is 63.9 Å². The minimum absolute atomic E-state index is 0.0947. The molecule has 0 radical (unpaired) electrons. The number of carbonyl (C=O) groups is 1. The fourth-order valence-electron chi connectivity index (χ4n) is 5.34. The summed E-state index contributed by atoms with van der Waals surface area (Å²) in [7, 11) is 0. The summed E-state index contributed by atoms with van der Waals surface area (Å²) in [4.78, 5) is 23.9. The normalized spacial score (nSPS) is 15.7. The molecule has 35 heavy (non-hydrogen) atoms. The third-order valence-corrected chi connectivity index (χ3v) is 7.09. The van der Waals surface area contributed by atoms with E-state index in [-0.39, 0.29) is 5.91 Å². The van der Waals surface area contributed by atoms with Crippen LogP contribution in [0.25, 0.3) is 39.5 Å². The first-order valence-corrected chi connectivity index (χ1v) is 12.6. The number of amides is 1. The van der Waals surface area contributed by atoms with Crippen LogP contribution in [-0.4, -0.2) is 43.6 Å². The summed E-state index contributed by atoms with van der Waals surface area (Å²) in [6.07, 6.45) is 11.0. The second-order valence-electron chi connectivity index (χ2n) is 9.52. The average molecular weight is 464 g/mol. The minimum Gasteiger partial charge on any atom is -0.339 e. The number of likely N-dealkylation sites (tertiary alicyclic amines) is 1. The Morgan fingerprint density at radius 1 is 1.00 bits per heavy atom. The van der Waals surface area contributed by atoms with Gasteiger partial charge in [-0.2, -0.15) is 5.10 Å². The fourth-order valence-corrected chi connectivity index (χ4v) is 5.34. The minimum atomic E-state index is 0.0947. The van der Waals surface area contributed by atoms with Crippen LogP contribution in [0.1, 0.15) is 42.6 Å². The summed E-state index contributed by atoms with van der Waals surface area (Å²) in [5.74, 6) is 0.0947. The smallest absolute Gasteiger partial charge is 0.246 e. The van der Waals surface area contributed by atoms with E-state index in [0.29, 0.717) is 0 Å². The van der Waals surface area contributed by atoms with Crippen molar-refractivity contribution in [3.63, 3.8) is 0 Å². The molecule has 3 aromatic heterocycles. The van der Waals surface area contributed by atoms with Crippen LogP contribution < -0.4 is 0 Å². The highest BCUT2D eigenvalue weighted by atomic mass is 16.2. The number of pyridine rings is 2. The van der Waals surface area contributed by atoms with Crippen LogP contribution in [0.3, 0.4) is 0 Å². The lowest BCUT2D eigenvalue weighted by atomic mass is 9.96. The molecule has 0 aliphatic carbocycles. The summed E-state index contributed by atoms with van der Waals surface area (Å²) >= 11 is 0. The van der Waals surface area contributed by atoms with Crippen molar-refractivity contribution in [2.45, 2.75) is 45.6 Å². The van der Waals surface area contributed by atoms with Gasteiger partial charge in [-0.05, 0) is 80.5 Å². The molecule has 1 aromatic carbocycles. The average Bonchev–Trinajstić information content (AvgIpc) is 3.49. The number of hydrogen-bond acceptors (Lipinski definition) is 4. The van der Waals surface area contributed by atoms with Crippen molar-refractivity contribution >= 4 is 22.9 Å². The quantitative estimate of drug-likeness (QED) is 0.378. The third-order valence-electron chi connectivity index (χ3n) is 7.09. The second kappa shape index (κ2) is 9.10. The van der Waals surface area contributed by atoms with Crippen LogP contribution in [0.5, 0.6) is 0 Å². The molecule has 1 saturated heterocycles. The molecule has 0 saturated carbocycles. The summed E-state index contributed by atoms with van der Waals surface area (Å²) in [6, 6.07) is 14.4. The molecule has 5 heterocycles. The number of hydrogen-bond donors (Lipinski definition) is 0. The van der Waals surface area contributed by atoms with Crippen molar-refractivity contribution in [1.29, 1.82) is 0 Å². The molecule has 6 nitrogen and oxygen atoms in total. The van der Waals surface area contributed by atoms with E-state index in [4.69, 9.17) is 10.1 Å². The van der Waals surface area contributed by atoms with Crippen molar-refractivity contribution in [3.8, 4) is 22.5 Å². The van der Waals surface area contributed by atoms with E-state index in [1.165, 1.54) is 12.1 Å². The van der Waals surface area contributed by atoms with Crippen molar-refractivity contribution in [1.82, 2.24) is 24.6 Å². The van der Waals surface area contributed by atoms with Gasteiger partial charge in [0.25, 0.3) is 0 Å². The predicted molar refractivity (Wildman–Crippen MR) is 139 cm³/mol. The van der Waals surface area contributed by atoms with E-state index in [1.807, 2.05) is 42.3 Å². The monoisotopic (exact) mass is 463 g/mol. The van der Waals surface area contributed by atoms with Gasteiger partial charge < -0.3 is 4.90 Å². The Labute approximate surface area is 205 Å². The maximum absolute atomic E-state index is 12.6. The van der Waals surface area contributed by atoms with E-state index in [9.17, 15) is 4.79 Å². The van der Waals surface area contributed by atoms with E-state index in [2.05, 4.69) is 33.9 Å². The zero-order valence-corrected chi connectivity index (χ0v) is 20.1. The summed E-state index contributed by atoms with van der Waals surface area (Å²) in [5, 5.41) is 6.06. The number of fused-ring (bicyclic) bond motifs is 2. The van der Waals surface area contributed by atoms with Gasteiger partial charge in [-0.15, -0.1) is 0 Å². The first-order chi connectivity index (χ1) is 17.2. The molecule has 6 heteroatoms. The van der Waals surface area contributed by atoms with Gasteiger partial charge >= 0.3 is 0 Å². The van der Waals surface area contributed by atoms with Crippen LogP contribution in [-0.2, 0) is 17.8 Å². The lowest BCUT2D eigenvalue weighted by molar-refractivity contribution is -0.126. The molecule has 4 aromatic rings. The Morgan fingerprint density at radius 3 is 2.74 bits per heavy atom. The van der Waals surface area contributed by atoms with Gasteiger partial charge in [-0.1, -0.05) is 18.2 Å². The number of nitrogens with zero attached hydrogens (tertiary/aromatic N) is 5. The Hall–Kier alpha value is -3.80. The molecule has 2 aliphatic rings. The summed E-state index contributed by atoms with van der Waals surface area (Å²) in [5.41, 5.74) is 8.29. The zero-order valence-electron chi connectivity index (χ0n) is 20.1. The molecular weight excluding hydrogens is 434 g/mol. The molecular formula is C29H29N5O. The number of aryl methyl sites for hydroxylation is 2. The maximum Gasteiger partial charge on any atom is 0.246 e. The molecule has 1 amide bonds. The van der Waals surface area contributed by atoms with Crippen molar-refractivity contribution < 1.29 is 4.79 Å². The van der Waals surface area contributed by atoms with Gasteiger partial charge in [0.1, 0.15) is 5.69 Å². The second-order valence-corrected chi connectivity index (χ2v) is 9.52. The molecule has 1 fully saturated rings. The maximum atomic E-state index is 12.6. The Kier molecular flexibility index (Phi) is 5.64. The van der Waals surface area contributed by atoms with E-state index in [0.717, 1.165) is 90.0 Å². The molecule has 6 rings (SSSR count). The SMILES string of the molecule is Cc1cccc(-c2nn3c(c2-c2ccnc4cc(C=CC(=O)N5CCCCC5)ccc24)CCC3)n1. The van der Waals surface area contributed by atoms with Gasteiger partial charge in [0.2, 0.25) is 5.91 Å². The van der Waals surface area contributed by atoms with Crippen LogP contribution in [0, 0.1) is 6.92 Å². The number of piperidine rings is 1. The van der Waals surface area contributed by atoms with Crippen molar-refractivity contribution in [2.75, 3.05) is 13.1 Å². The number of aromatic nitrogens is 4. The van der Waals surface area contributed by atoms with Crippen LogP contribution in [0.15, 0.2) is 54.7 Å². The van der Waals surface area contributed by atoms with Gasteiger partial charge in [0.15, 0.2) is 0 Å². The molecule has 2 aliphatic heterocycles. The Bertz CT molecular complexity index is 1440. The highest BCUT2D eigenvalue weighted by Crippen LogP contribution is 2.39. The van der Waals surface area contributed by atoms with Crippen molar-refractivity contribution in [3.05, 3.63) is 71.7 Å². The van der Waals surface area contributed by atoms with E-state index in [1.54, 1.807) is 6.08 Å². The van der Waals surface area contributed by atoms with Gasteiger partial charge in [-0.3, -0.25) is 19.4 Å². The third kappa shape index (κ3) is 4.14. The first-order valence-electron chi connectivity index (χ1n) is 12.6. The molecule has 0 spiro atoms. The number of rotatable bonds is 4. The molecule has 176 valence electrons.